The second-order valence-corrected chi connectivity index (χ2v) is 1.64. The van der Waals surface area contributed by atoms with Crippen LogP contribution in [0.4, 0.5) is 0 Å². The largest absolute Gasteiger partial charge is 0.501 e. The fraction of sp³-hybridized carbons (Fsp3) is 0.667. The first-order chi connectivity index (χ1) is 4.22. The summed E-state index contributed by atoms with van der Waals surface area (Å²) in [6.45, 7) is 1.61. The Bertz CT molecular complexity index is 96.5. The van der Waals surface area contributed by atoms with Crippen molar-refractivity contribution in [1.82, 2.24) is 0 Å². The molecule has 0 saturated carbocycles. The Labute approximate surface area is 54.9 Å². The predicted molar refractivity (Wildman–Crippen MR) is 33.8 cm³/mol. The van der Waals surface area contributed by atoms with Gasteiger partial charge in [0.1, 0.15) is 12.4 Å². The lowest BCUT2D eigenvalue weighted by Gasteiger charge is -2.06. The summed E-state index contributed by atoms with van der Waals surface area (Å²) >= 11 is 0. The molecule has 0 aromatic carbocycles. The van der Waals surface area contributed by atoms with E-state index < -0.39 is 6.10 Å². The average Bonchev–Trinajstić information content (AvgIpc) is 1.82. The van der Waals surface area contributed by atoms with E-state index in [1.807, 2.05) is 0 Å². The molecule has 54 valence electrons. The minimum atomic E-state index is -0.602. The maximum Gasteiger partial charge on any atom is 0.158 e. The van der Waals surface area contributed by atoms with Gasteiger partial charge in [-0.25, -0.2) is 0 Å². The van der Waals surface area contributed by atoms with Gasteiger partial charge < -0.3 is 14.6 Å². The van der Waals surface area contributed by atoms with E-state index in [1.165, 1.54) is 20.5 Å². The van der Waals surface area contributed by atoms with Crippen molar-refractivity contribution in [2.75, 3.05) is 14.2 Å². The smallest absolute Gasteiger partial charge is 0.158 e. The van der Waals surface area contributed by atoms with Gasteiger partial charge in [-0.1, -0.05) is 0 Å². The second kappa shape index (κ2) is 4.21. The lowest BCUT2D eigenvalue weighted by molar-refractivity contribution is 0.129. The van der Waals surface area contributed by atoms with Crippen LogP contribution in [0.2, 0.25) is 0 Å². The first-order valence-corrected chi connectivity index (χ1v) is 2.67. The van der Waals surface area contributed by atoms with Crippen LogP contribution in [0.1, 0.15) is 6.92 Å². The maximum absolute atomic E-state index is 8.87. The molecule has 0 aliphatic carbocycles. The number of rotatable bonds is 3. The fourth-order valence-electron chi connectivity index (χ4n) is 0.433. The zero-order valence-corrected chi connectivity index (χ0v) is 5.92. The molecule has 1 atom stereocenters. The van der Waals surface area contributed by atoms with E-state index >= 15 is 0 Å². The molecule has 0 spiro atoms. The van der Waals surface area contributed by atoms with Crippen LogP contribution in [-0.4, -0.2) is 25.4 Å². The molecule has 1 unspecified atom stereocenters. The van der Waals surface area contributed by atoms with Crippen molar-refractivity contribution in [1.29, 1.82) is 0 Å². The molecular formula is C6H12O3. The standard InChI is InChI=1S/C6H12O3/c1-5(7)6(9-3)4-8-2/h4-5,7H,1-3H3. The minimum Gasteiger partial charge on any atom is -0.501 e. The van der Waals surface area contributed by atoms with Crippen LogP contribution in [0.25, 0.3) is 0 Å². The van der Waals surface area contributed by atoms with E-state index in [-0.39, 0.29) is 0 Å². The number of aliphatic hydroxyl groups is 1. The molecule has 0 aromatic rings. The van der Waals surface area contributed by atoms with Crippen molar-refractivity contribution >= 4 is 0 Å². The Morgan fingerprint density at radius 1 is 1.56 bits per heavy atom. The zero-order valence-electron chi connectivity index (χ0n) is 5.92. The topological polar surface area (TPSA) is 38.7 Å². The van der Waals surface area contributed by atoms with Crippen LogP contribution < -0.4 is 0 Å². The molecule has 0 aliphatic heterocycles. The van der Waals surface area contributed by atoms with Gasteiger partial charge in [-0.15, -0.1) is 0 Å². The van der Waals surface area contributed by atoms with E-state index in [0.29, 0.717) is 5.76 Å². The lowest BCUT2D eigenvalue weighted by atomic mass is 10.3. The van der Waals surface area contributed by atoms with Gasteiger partial charge in [0, 0.05) is 0 Å². The van der Waals surface area contributed by atoms with Gasteiger partial charge in [0.2, 0.25) is 0 Å². The third kappa shape index (κ3) is 2.98. The summed E-state index contributed by atoms with van der Waals surface area (Å²) in [4.78, 5) is 0. The normalized spacial score (nSPS) is 14.9. The summed E-state index contributed by atoms with van der Waals surface area (Å²) in [6.07, 6.45) is 0.764. The quantitative estimate of drug-likeness (QED) is 0.568. The van der Waals surface area contributed by atoms with E-state index in [4.69, 9.17) is 9.84 Å². The van der Waals surface area contributed by atoms with Crippen LogP contribution in [0.5, 0.6) is 0 Å². The maximum atomic E-state index is 8.87. The Morgan fingerprint density at radius 2 is 2.11 bits per heavy atom. The summed E-state index contributed by atoms with van der Waals surface area (Å²) in [5.41, 5.74) is 0. The number of methoxy groups -OCH3 is 2. The third-order valence-electron chi connectivity index (χ3n) is 0.881. The first-order valence-electron chi connectivity index (χ1n) is 2.67. The van der Waals surface area contributed by atoms with Crippen LogP contribution in [0.15, 0.2) is 12.0 Å². The average molecular weight is 132 g/mol. The summed E-state index contributed by atoms with van der Waals surface area (Å²) in [7, 11) is 2.99. The van der Waals surface area contributed by atoms with Gasteiger partial charge in [0.25, 0.3) is 0 Å². The second-order valence-electron chi connectivity index (χ2n) is 1.64. The highest BCUT2D eigenvalue weighted by Gasteiger charge is 2.02. The van der Waals surface area contributed by atoms with Gasteiger partial charge in [-0.05, 0) is 6.92 Å². The van der Waals surface area contributed by atoms with Crippen LogP contribution in [-0.2, 0) is 9.47 Å². The molecule has 0 bridgehead atoms. The monoisotopic (exact) mass is 132 g/mol. The van der Waals surface area contributed by atoms with Crippen molar-refractivity contribution in [2.24, 2.45) is 0 Å². The summed E-state index contributed by atoms with van der Waals surface area (Å²) in [5, 5.41) is 8.87. The summed E-state index contributed by atoms with van der Waals surface area (Å²) in [5.74, 6) is 0.428. The number of hydrogen-bond acceptors (Lipinski definition) is 3. The molecule has 0 rings (SSSR count). The van der Waals surface area contributed by atoms with Crippen LogP contribution >= 0.6 is 0 Å². The molecule has 1 N–H and O–H groups in total. The minimum absolute atomic E-state index is 0.428. The SMILES string of the molecule is COC=C(OC)C(C)O. The van der Waals surface area contributed by atoms with Crippen molar-refractivity contribution in [2.45, 2.75) is 13.0 Å². The lowest BCUT2D eigenvalue weighted by Crippen LogP contribution is -2.06. The van der Waals surface area contributed by atoms with Crippen molar-refractivity contribution < 1.29 is 14.6 Å². The summed E-state index contributed by atoms with van der Waals surface area (Å²) < 4.78 is 9.35. The third-order valence-corrected chi connectivity index (χ3v) is 0.881. The zero-order chi connectivity index (χ0) is 7.28. The molecule has 3 nitrogen and oxygen atoms in total. The Hall–Kier alpha value is -0.700. The highest BCUT2D eigenvalue weighted by Crippen LogP contribution is 2.00. The van der Waals surface area contributed by atoms with Crippen LogP contribution in [0.3, 0.4) is 0 Å². The predicted octanol–water partition coefficient (Wildman–Crippen LogP) is 0.501. The molecule has 3 heteroatoms. The van der Waals surface area contributed by atoms with Gasteiger partial charge in [0.05, 0.1) is 14.2 Å². The Kier molecular flexibility index (Phi) is 3.88. The number of aliphatic hydroxyl groups excluding tert-OH is 1. The Morgan fingerprint density at radius 3 is 2.22 bits per heavy atom. The van der Waals surface area contributed by atoms with Crippen LogP contribution in [0, 0.1) is 0 Å². The van der Waals surface area contributed by atoms with Crippen molar-refractivity contribution in [3.63, 3.8) is 0 Å². The van der Waals surface area contributed by atoms with Crippen molar-refractivity contribution in [3.05, 3.63) is 12.0 Å². The van der Waals surface area contributed by atoms with Gasteiger partial charge in [0.15, 0.2) is 5.76 Å². The molecule has 0 amide bonds. The van der Waals surface area contributed by atoms with E-state index in [9.17, 15) is 0 Å². The van der Waals surface area contributed by atoms with Gasteiger partial charge in [-0.3, -0.25) is 0 Å². The molecule has 0 radical (unpaired) electrons. The fourth-order valence-corrected chi connectivity index (χ4v) is 0.433. The molecule has 0 aromatic heterocycles. The van der Waals surface area contributed by atoms with E-state index in [0.717, 1.165) is 0 Å². The number of hydrogen-bond donors (Lipinski definition) is 1. The van der Waals surface area contributed by atoms with Gasteiger partial charge in [-0.2, -0.15) is 0 Å². The van der Waals surface area contributed by atoms with E-state index in [2.05, 4.69) is 4.74 Å². The molecule has 9 heavy (non-hydrogen) atoms. The molecule has 0 fully saturated rings. The molecular weight excluding hydrogens is 120 g/mol. The molecule has 0 saturated heterocycles. The Balaban J connectivity index is 3.81. The molecule has 0 aliphatic rings. The highest BCUT2D eigenvalue weighted by atomic mass is 16.5. The van der Waals surface area contributed by atoms with E-state index in [1.54, 1.807) is 6.92 Å². The highest BCUT2D eigenvalue weighted by molar-refractivity contribution is 4.92. The number of ether oxygens (including phenoxy) is 2. The first kappa shape index (κ1) is 8.30. The molecule has 0 heterocycles. The summed E-state index contributed by atoms with van der Waals surface area (Å²) in [6, 6.07) is 0. The van der Waals surface area contributed by atoms with Crippen molar-refractivity contribution in [3.8, 4) is 0 Å². The van der Waals surface area contributed by atoms with Gasteiger partial charge >= 0.3 is 0 Å².